The van der Waals surface area contributed by atoms with Gasteiger partial charge in [-0.2, -0.15) is 0 Å². The summed E-state index contributed by atoms with van der Waals surface area (Å²) >= 11 is 0. The van der Waals surface area contributed by atoms with Crippen molar-refractivity contribution >= 4 is 11.9 Å². The molecule has 0 aliphatic heterocycles. The van der Waals surface area contributed by atoms with Gasteiger partial charge in [0, 0.05) is 12.5 Å². The number of hydrogen-bond donors (Lipinski definition) is 2. The fraction of sp³-hybridized carbons (Fsp3) is 0.467. The maximum absolute atomic E-state index is 12.8. The quantitative estimate of drug-likeness (QED) is 0.864. The molecule has 1 aromatic carbocycles. The second-order valence-corrected chi connectivity index (χ2v) is 5.80. The molecule has 2 atom stereocenters. The molecule has 0 heterocycles. The number of carboxylic acid groups (broad SMARTS) is 1. The lowest BCUT2D eigenvalue weighted by Gasteiger charge is -2.11. The zero-order chi connectivity index (χ0) is 14.3. The van der Waals surface area contributed by atoms with Crippen LogP contribution in [0, 0.1) is 17.2 Å². The molecular formula is C15H16FNO3. The third-order valence-corrected chi connectivity index (χ3v) is 4.33. The van der Waals surface area contributed by atoms with Crippen molar-refractivity contribution in [3.05, 3.63) is 35.6 Å². The Morgan fingerprint density at radius 3 is 2.50 bits per heavy atom. The van der Waals surface area contributed by atoms with Crippen molar-refractivity contribution < 1.29 is 19.1 Å². The van der Waals surface area contributed by atoms with E-state index >= 15 is 0 Å². The fourth-order valence-electron chi connectivity index (χ4n) is 2.57. The molecule has 3 rings (SSSR count). The fourth-order valence-corrected chi connectivity index (χ4v) is 2.57. The van der Waals surface area contributed by atoms with Crippen molar-refractivity contribution in [3.63, 3.8) is 0 Å². The number of carboxylic acids is 1. The summed E-state index contributed by atoms with van der Waals surface area (Å²) < 4.78 is 12.8. The molecular weight excluding hydrogens is 261 g/mol. The minimum Gasteiger partial charge on any atom is -0.481 e. The van der Waals surface area contributed by atoms with Crippen LogP contribution in [-0.2, 0) is 9.59 Å². The van der Waals surface area contributed by atoms with Gasteiger partial charge in [0.2, 0.25) is 5.91 Å². The van der Waals surface area contributed by atoms with E-state index in [1.165, 1.54) is 12.1 Å². The zero-order valence-corrected chi connectivity index (χ0v) is 10.9. The van der Waals surface area contributed by atoms with Gasteiger partial charge in [0.25, 0.3) is 0 Å². The molecule has 20 heavy (non-hydrogen) atoms. The first kappa shape index (κ1) is 13.1. The summed E-state index contributed by atoms with van der Waals surface area (Å²) in [5.74, 6) is -1.18. The van der Waals surface area contributed by atoms with Gasteiger partial charge in [-0.05, 0) is 42.9 Å². The number of amides is 1. The molecule has 0 bridgehead atoms. The van der Waals surface area contributed by atoms with E-state index in [0.717, 1.165) is 12.0 Å². The second kappa shape index (κ2) is 4.58. The Kier molecular flexibility index (Phi) is 3.00. The number of nitrogens with one attached hydrogen (secondary N) is 1. The third kappa shape index (κ3) is 2.40. The molecule has 1 amide bonds. The van der Waals surface area contributed by atoms with Crippen LogP contribution >= 0.6 is 0 Å². The molecule has 106 valence electrons. The smallest absolute Gasteiger partial charge is 0.311 e. The molecule has 2 N–H and O–H groups in total. The highest BCUT2D eigenvalue weighted by molar-refractivity contribution is 5.84. The highest BCUT2D eigenvalue weighted by atomic mass is 19.1. The van der Waals surface area contributed by atoms with Crippen molar-refractivity contribution in [2.75, 3.05) is 6.54 Å². The van der Waals surface area contributed by atoms with Crippen LogP contribution in [0.3, 0.4) is 0 Å². The SMILES string of the molecule is O=C(NCC1(C(=O)O)CC1)C1CC1c1ccc(F)cc1. The molecule has 2 saturated carbocycles. The molecule has 0 spiro atoms. The first-order chi connectivity index (χ1) is 9.52. The van der Waals surface area contributed by atoms with E-state index in [4.69, 9.17) is 5.11 Å². The summed E-state index contributed by atoms with van der Waals surface area (Å²) in [5.41, 5.74) is 0.238. The van der Waals surface area contributed by atoms with Gasteiger partial charge in [0.1, 0.15) is 5.82 Å². The lowest BCUT2D eigenvalue weighted by atomic mass is 10.1. The number of halogens is 1. The van der Waals surface area contributed by atoms with Crippen LogP contribution in [0.1, 0.15) is 30.7 Å². The van der Waals surface area contributed by atoms with Crippen LogP contribution in [0.15, 0.2) is 24.3 Å². The maximum Gasteiger partial charge on any atom is 0.311 e. The maximum atomic E-state index is 12.8. The number of carbonyl (C=O) groups is 2. The van der Waals surface area contributed by atoms with Crippen molar-refractivity contribution in [1.82, 2.24) is 5.32 Å². The van der Waals surface area contributed by atoms with Crippen molar-refractivity contribution in [2.45, 2.75) is 25.2 Å². The van der Waals surface area contributed by atoms with Gasteiger partial charge in [0.05, 0.1) is 5.41 Å². The van der Waals surface area contributed by atoms with Gasteiger partial charge in [-0.1, -0.05) is 12.1 Å². The summed E-state index contributed by atoms with van der Waals surface area (Å²) in [4.78, 5) is 23.0. The van der Waals surface area contributed by atoms with Crippen LogP contribution < -0.4 is 5.32 Å². The third-order valence-electron chi connectivity index (χ3n) is 4.33. The van der Waals surface area contributed by atoms with Crippen LogP contribution in [-0.4, -0.2) is 23.5 Å². The summed E-state index contributed by atoms with van der Waals surface area (Å²) in [6.07, 6.45) is 2.01. The number of benzene rings is 1. The minimum atomic E-state index is -0.830. The molecule has 2 aliphatic carbocycles. The first-order valence-corrected chi connectivity index (χ1v) is 6.78. The lowest BCUT2D eigenvalue weighted by molar-refractivity contribution is -0.143. The largest absolute Gasteiger partial charge is 0.481 e. The zero-order valence-electron chi connectivity index (χ0n) is 10.9. The van der Waals surface area contributed by atoms with Crippen LogP contribution in [0.25, 0.3) is 0 Å². The number of carbonyl (C=O) groups excluding carboxylic acids is 1. The normalized spacial score (nSPS) is 25.9. The summed E-state index contributed by atoms with van der Waals surface area (Å²) in [6, 6.07) is 6.19. The predicted molar refractivity (Wildman–Crippen MR) is 69.6 cm³/mol. The van der Waals surface area contributed by atoms with E-state index in [0.29, 0.717) is 12.8 Å². The highest BCUT2D eigenvalue weighted by Gasteiger charge is 2.51. The average Bonchev–Trinajstić information content (AvgIpc) is 3.30. The Morgan fingerprint density at radius 1 is 1.30 bits per heavy atom. The molecule has 0 aromatic heterocycles. The molecule has 2 fully saturated rings. The topological polar surface area (TPSA) is 66.4 Å². The highest BCUT2D eigenvalue weighted by Crippen LogP contribution is 2.48. The Balaban J connectivity index is 1.53. The Hall–Kier alpha value is -1.91. The number of aliphatic carboxylic acids is 1. The molecule has 0 radical (unpaired) electrons. The van der Waals surface area contributed by atoms with Crippen LogP contribution in [0.4, 0.5) is 4.39 Å². The monoisotopic (exact) mass is 277 g/mol. The number of hydrogen-bond acceptors (Lipinski definition) is 2. The van der Waals surface area contributed by atoms with E-state index in [9.17, 15) is 14.0 Å². The Bertz CT molecular complexity index is 551. The van der Waals surface area contributed by atoms with E-state index in [2.05, 4.69) is 5.32 Å². The van der Waals surface area contributed by atoms with Gasteiger partial charge in [-0.3, -0.25) is 9.59 Å². The van der Waals surface area contributed by atoms with E-state index in [1.807, 2.05) is 0 Å². The van der Waals surface area contributed by atoms with Crippen molar-refractivity contribution in [2.24, 2.45) is 11.3 Å². The Labute approximate surface area is 116 Å². The average molecular weight is 277 g/mol. The van der Waals surface area contributed by atoms with Crippen LogP contribution in [0.2, 0.25) is 0 Å². The molecule has 2 aliphatic rings. The van der Waals surface area contributed by atoms with Gasteiger partial charge >= 0.3 is 5.97 Å². The van der Waals surface area contributed by atoms with Gasteiger partial charge in [-0.25, -0.2) is 4.39 Å². The summed E-state index contributed by atoms with van der Waals surface area (Å²) in [7, 11) is 0. The molecule has 2 unspecified atom stereocenters. The molecule has 4 nitrogen and oxygen atoms in total. The predicted octanol–water partition coefficient (Wildman–Crippen LogP) is 1.91. The second-order valence-electron chi connectivity index (χ2n) is 5.80. The van der Waals surface area contributed by atoms with Crippen LogP contribution in [0.5, 0.6) is 0 Å². The van der Waals surface area contributed by atoms with Gasteiger partial charge in [0.15, 0.2) is 0 Å². The minimum absolute atomic E-state index is 0.0909. The van der Waals surface area contributed by atoms with Crippen molar-refractivity contribution in [1.29, 1.82) is 0 Å². The lowest BCUT2D eigenvalue weighted by Crippen LogP contribution is -2.35. The molecule has 5 heteroatoms. The van der Waals surface area contributed by atoms with E-state index in [1.54, 1.807) is 12.1 Å². The number of rotatable bonds is 5. The van der Waals surface area contributed by atoms with E-state index in [-0.39, 0.29) is 30.1 Å². The molecule has 1 aromatic rings. The summed E-state index contributed by atoms with van der Waals surface area (Å²) in [5, 5.41) is 11.8. The first-order valence-electron chi connectivity index (χ1n) is 6.78. The summed E-state index contributed by atoms with van der Waals surface area (Å²) in [6.45, 7) is 0.216. The van der Waals surface area contributed by atoms with Gasteiger partial charge in [-0.15, -0.1) is 0 Å². The van der Waals surface area contributed by atoms with Gasteiger partial charge < -0.3 is 10.4 Å². The Morgan fingerprint density at radius 2 is 1.95 bits per heavy atom. The van der Waals surface area contributed by atoms with E-state index < -0.39 is 11.4 Å². The molecule has 0 saturated heterocycles. The standard InChI is InChI=1S/C15H16FNO3/c16-10-3-1-9(2-4-10)11-7-12(11)13(18)17-8-15(5-6-15)14(19)20/h1-4,11-12H,5-8H2,(H,17,18)(H,19,20). The van der Waals surface area contributed by atoms with Crippen molar-refractivity contribution in [3.8, 4) is 0 Å².